The Morgan fingerprint density at radius 2 is 1.60 bits per heavy atom. The number of halogens is 3. The number of aliphatic hydroxyl groups is 1. The molecule has 0 amide bonds. The minimum atomic E-state index is -4.24. The van der Waals surface area contributed by atoms with Gasteiger partial charge in [0.2, 0.25) is 0 Å². The lowest BCUT2D eigenvalue weighted by molar-refractivity contribution is -0.295. The van der Waals surface area contributed by atoms with Crippen LogP contribution in [0.15, 0.2) is 0 Å². The molecule has 48 heavy (non-hydrogen) atoms. The Morgan fingerprint density at radius 3 is 2.15 bits per heavy atom. The first-order valence-electron chi connectivity index (χ1n) is 17.3. The Kier molecular flexibility index (Phi) is 13.9. The molecular formula is C34H61F3N4O7. The lowest BCUT2D eigenvalue weighted by atomic mass is 9.74. The molecule has 0 aliphatic carbocycles. The van der Waals surface area contributed by atoms with Crippen molar-refractivity contribution in [3.8, 4) is 0 Å². The molecule has 0 aromatic carbocycles. The molecule has 1 N–H and O–H groups in total. The SMILES string of the molecule is CO[C@]1(C)C[C@@H](C)CN(C)C(CN2CCN(CC(F)(F)F)CC2)[C@H](C)OC(=O)C(C)(C)C(=O)[C@H](C)[C@H]1O[C@@H]1O[C@H](C)C[C@H](N(C)C)[C@H]1O. The van der Waals surface area contributed by atoms with Gasteiger partial charge in [0.1, 0.15) is 17.6 Å². The number of carbonyl (C=O) groups is 2. The summed E-state index contributed by atoms with van der Waals surface area (Å²) in [6.45, 7) is 14.2. The average molecular weight is 695 g/mol. The number of methoxy groups -OCH3 is 1. The number of piperazine rings is 1. The number of ether oxygens (including phenoxy) is 4. The molecule has 3 aliphatic rings. The maximum Gasteiger partial charge on any atom is 0.401 e. The predicted octanol–water partition coefficient (Wildman–Crippen LogP) is 2.89. The molecule has 3 aliphatic heterocycles. The van der Waals surface area contributed by atoms with E-state index in [2.05, 4.69) is 16.7 Å². The lowest BCUT2D eigenvalue weighted by Gasteiger charge is -2.47. The van der Waals surface area contributed by atoms with Crippen LogP contribution in [0.2, 0.25) is 0 Å². The van der Waals surface area contributed by atoms with Crippen LogP contribution in [-0.2, 0) is 28.5 Å². The molecule has 3 fully saturated rings. The van der Waals surface area contributed by atoms with Crippen LogP contribution < -0.4 is 0 Å². The Bertz CT molecular complexity index is 1070. The number of nitrogens with zero attached hydrogens (tertiary/aromatic N) is 4. The van der Waals surface area contributed by atoms with Gasteiger partial charge in [-0.05, 0) is 74.5 Å². The summed E-state index contributed by atoms with van der Waals surface area (Å²) in [5.74, 6) is -1.87. The van der Waals surface area contributed by atoms with Crippen LogP contribution in [-0.4, -0.2) is 165 Å². The zero-order valence-electron chi connectivity index (χ0n) is 30.9. The Morgan fingerprint density at radius 1 is 1.02 bits per heavy atom. The number of hydrogen-bond donors (Lipinski definition) is 1. The van der Waals surface area contributed by atoms with Gasteiger partial charge in [0, 0.05) is 58.3 Å². The van der Waals surface area contributed by atoms with Gasteiger partial charge >= 0.3 is 12.1 Å². The van der Waals surface area contributed by atoms with Crippen LogP contribution in [0.5, 0.6) is 0 Å². The van der Waals surface area contributed by atoms with E-state index in [1.54, 1.807) is 27.9 Å². The van der Waals surface area contributed by atoms with Gasteiger partial charge in [0.05, 0.1) is 30.4 Å². The number of likely N-dealkylation sites (N-methyl/N-ethyl adjacent to an activating group) is 2. The molecule has 0 aromatic heterocycles. The largest absolute Gasteiger partial charge is 0.460 e. The molecule has 11 nitrogen and oxygen atoms in total. The van der Waals surface area contributed by atoms with Crippen molar-refractivity contribution in [1.82, 2.24) is 19.6 Å². The van der Waals surface area contributed by atoms with Crippen molar-refractivity contribution >= 4 is 11.8 Å². The number of carbonyl (C=O) groups excluding carboxylic acids is 2. The summed E-state index contributed by atoms with van der Waals surface area (Å²) in [5, 5.41) is 11.3. The lowest BCUT2D eigenvalue weighted by Crippen LogP contribution is -2.59. The van der Waals surface area contributed by atoms with Crippen molar-refractivity contribution in [3.63, 3.8) is 0 Å². The molecule has 0 bridgehead atoms. The maximum atomic E-state index is 14.3. The standard InChI is InChI=1S/C34H61F3N4O7/c1-21-17-33(7,45-11)29(48-30-27(42)25(38(8)9)16-22(2)46-30)23(3)28(43)32(5,6)31(44)47-24(4)26(39(10)18-21)19-40-12-14-41(15-13-40)20-34(35,36)37/h21-27,29-30,42H,12-20H2,1-11H3/t21-,22-,23+,24+,25+,26?,27-,29-,30+,33-/m1/s1. The summed E-state index contributed by atoms with van der Waals surface area (Å²) in [7, 11) is 7.31. The Balaban J connectivity index is 1.92. The van der Waals surface area contributed by atoms with Crippen LogP contribution in [0.25, 0.3) is 0 Å². The molecule has 0 aromatic rings. The number of rotatable bonds is 7. The van der Waals surface area contributed by atoms with E-state index in [0.717, 1.165) is 0 Å². The summed E-state index contributed by atoms with van der Waals surface area (Å²) in [6, 6.07) is -0.510. The molecule has 0 radical (unpaired) electrons. The van der Waals surface area contributed by atoms with E-state index in [9.17, 15) is 27.9 Å². The van der Waals surface area contributed by atoms with E-state index in [1.165, 1.54) is 4.90 Å². The molecule has 3 heterocycles. The zero-order valence-corrected chi connectivity index (χ0v) is 30.9. The maximum absolute atomic E-state index is 14.3. The van der Waals surface area contributed by atoms with E-state index in [4.69, 9.17) is 18.9 Å². The monoisotopic (exact) mass is 694 g/mol. The van der Waals surface area contributed by atoms with Gasteiger partial charge in [-0.2, -0.15) is 13.2 Å². The number of esters is 1. The third-order valence-electron chi connectivity index (χ3n) is 10.7. The number of ketones is 1. The van der Waals surface area contributed by atoms with Gasteiger partial charge in [-0.3, -0.25) is 24.3 Å². The van der Waals surface area contributed by atoms with E-state index >= 15 is 0 Å². The first kappa shape index (κ1) is 41.0. The second-order valence-corrected chi connectivity index (χ2v) is 15.5. The zero-order chi connectivity index (χ0) is 36.4. The summed E-state index contributed by atoms with van der Waals surface area (Å²) in [4.78, 5) is 35.7. The molecule has 10 atom stereocenters. The summed E-state index contributed by atoms with van der Waals surface area (Å²) in [5.41, 5.74) is -2.56. The third-order valence-corrected chi connectivity index (χ3v) is 10.7. The van der Waals surface area contributed by atoms with Crippen LogP contribution in [0.4, 0.5) is 13.2 Å². The Hall–Kier alpha value is -1.39. The smallest absolute Gasteiger partial charge is 0.401 e. The first-order valence-corrected chi connectivity index (χ1v) is 17.3. The normalized spacial score (nSPS) is 39.0. The van der Waals surface area contributed by atoms with Crippen molar-refractivity contribution in [3.05, 3.63) is 0 Å². The molecule has 3 rings (SSSR count). The fourth-order valence-electron chi connectivity index (χ4n) is 7.79. The third kappa shape index (κ3) is 10.1. The summed E-state index contributed by atoms with van der Waals surface area (Å²) >= 11 is 0. The predicted molar refractivity (Wildman–Crippen MR) is 175 cm³/mol. The van der Waals surface area contributed by atoms with Gasteiger partial charge in [-0.15, -0.1) is 0 Å². The van der Waals surface area contributed by atoms with Crippen molar-refractivity contribution in [2.75, 3.05) is 74.1 Å². The first-order chi connectivity index (χ1) is 22.1. The van der Waals surface area contributed by atoms with Crippen LogP contribution in [0.1, 0.15) is 61.3 Å². The van der Waals surface area contributed by atoms with E-state index in [0.29, 0.717) is 52.1 Å². The van der Waals surface area contributed by atoms with Gasteiger partial charge in [-0.25, -0.2) is 0 Å². The fourth-order valence-corrected chi connectivity index (χ4v) is 7.79. The molecule has 14 heteroatoms. The van der Waals surface area contributed by atoms with Gasteiger partial charge in [-0.1, -0.05) is 13.8 Å². The molecule has 280 valence electrons. The topological polar surface area (TPSA) is 104 Å². The van der Waals surface area contributed by atoms with Gasteiger partial charge in [0.15, 0.2) is 12.1 Å². The molecule has 1 unspecified atom stereocenters. The minimum Gasteiger partial charge on any atom is -0.460 e. The number of aliphatic hydroxyl groups excluding tert-OH is 1. The van der Waals surface area contributed by atoms with Gasteiger partial charge < -0.3 is 29.0 Å². The molecular weight excluding hydrogens is 633 g/mol. The quantitative estimate of drug-likeness (QED) is 0.315. The highest BCUT2D eigenvalue weighted by atomic mass is 19.4. The summed E-state index contributed by atoms with van der Waals surface area (Å²) in [6.07, 6.45) is -6.86. The summed E-state index contributed by atoms with van der Waals surface area (Å²) < 4.78 is 63.9. The second-order valence-electron chi connectivity index (χ2n) is 15.5. The van der Waals surface area contributed by atoms with Crippen molar-refractivity contribution in [1.29, 1.82) is 0 Å². The van der Waals surface area contributed by atoms with Crippen LogP contribution in [0.3, 0.4) is 0 Å². The number of hydrogen-bond acceptors (Lipinski definition) is 11. The average Bonchev–Trinajstić information content (AvgIpc) is 2.98. The van der Waals surface area contributed by atoms with E-state index < -0.39 is 60.2 Å². The highest BCUT2D eigenvalue weighted by molar-refractivity contribution is 6.04. The fraction of sp³-hybridized carbons (Fsp3) is 0.941. The molecule has 0 spiro atoms. The van der Waals surface area contributed by atoms with Gasteiger partial charge in [0.25, 0.3) is 0 Å². The van der Waals surface area contributed by atoms with E-state index in [1.807, 2.05) is 46.8 Å². The van der Waals surface area contributed by atoms with Crippen molar-refractivity contribution in [2.45, 2.75) is 116 Å². The number of Topliss-reactive ketones (excluding diaryl/α,β-unsaturated/α-hetero) is 1. The molecule has 3 saturated heterocycles. The second kappa shape index (κ2) is 16.3. The van der Waals surface area contributed by atoms with E-state index in [-0.39, 0.29) is 29.9 Å². The number of alkyl halides is 3. The van der Waals surface area contributed by atoms with Crippen molar-refractivity contribution in [2.24, 2.45) is 17.3 Å². The van der Waals surface area contributed by atoms with Crippen molar-refractivity contribution < 1.29 is 46.8 Å². The highest BCUT2D eigenvalue weighted by Crippen LogP contribution is 2.38. The Labute approximate surface area is 285 Å². The molecule has 0 saturated carbocycles. The number of cyclic esters (lactones) is 1. The highest BCUT2D eigenvalue weighted by Gasteiger charge is 2.52. The van der Waals surface area contributed by atoms with Crippen LogP contribution in [0, 0.1) is 17.3 Å². The minimum absolute atomic E-state index is 0.0156. The van der Waals surface area contributed by atoms with Crippen LogP contribution >= 0.6 is 0 Å².